The van der Waals surface area contributed by atoms with Crippen LogP contribution in [0.5, 0.6) is 0 Å². The van der Waals surface area contributed by atoms with Crippen LogP contribution in [0.15, 0.2) is 201 Å². The fourth-order valence-corrected chi connectivity index (χ4v) is 13.1. The van der Waals surface area contributed by atoms with Gasteiger partial charge in [0, 0.05) is 91.8 Å². The summed E-state index contributed by atoms with van der Waals surface area (Å²) >= 11 is 0. The lowest BCUT2D eigenvalue weighted by atomic mass is 9.99. The largest absolute Gasteiger partial charge is 0.338 e. The number of benzene rings is 9. The molecule has 6 heteroatoms. The number of pyridine rings is 3. The van der Waals surface area contributed by atoms with Gasteiger partial charge in [-0.25, -0.2) is 0 Å². The van der Waals surface area contributed by atoms with Gasteiger partial charge in [-0.2, -0.15) is 13.7 Å². The fraction of sp³-hybridized carbons (Fsp3) is 0.160. The summed E-state index contributed by atoms with van der Waals surface area (Å²) in [4.78, 5) is 0. The summed E-state index contributed by atoms with van der Waals surface area (Å²) in [5.41, 5.74) is 21.0. The summed E-state index contributed by atoms with van der Waals surface area (Å²) < 4.78 is 38.1. The van der Waals surface area contributed by atoms with E-state index in [-0.39, 0.29) is 0 Å². The third-order valence-electron chi connectivity index (χ3n) is 17.2. The van der Waals surface area contributed by atoms with Crippen molar-refractivity contribution in [3.8, 4) is 33.8 Å². The predicted molar refractivity (Wildman–Crippen MR) is 342 cm³/mol. The van der Waals surface area contributed by atoms with Crippen molar-refractivity contribution in [1.29, 1.82) is 0 Å². The maximum absolute atomic E-state index is 8.26. The second-order valence-corrected chi connectivity index (χ2v) is 22.6. The first-order valence-electron chi connectivity index (χ1n) is 29.5. The minimum atomic E-state index is -2.21. The van der Waals surface area contributed by atoms with Crippen molar-refractivity contribution < 1.29 is 17.8 Å². The molecule has 0 aliphatic heterocycles. The summed E-state index contributed by atoms with van der Waals surface area (Å²) in [7, 11) is 12.6. The lowest BCUT2D eigenvalue weighted by molar-refractivity contribution is -0.659. The molecule has 0 spiro atoms. The molecule has 0 bridgehead atoms. The molecule has 396 valence electrons. The monoisotopic (exact) mass is 1060 g/mol. The Labute approximate surface area is 478 Å². The van der Waals surface area contributed by atoms with Crippen LogP contribution in [0.2, 0.25) is 0 Å². The molecule has 6 aromatic heterocycles. The molecule has 0 radical (unpaired) electrons. The van der Waals surface area contributed by atoms with Crippen LogP contribution in [0, 0.1) is 41.5 Å². The molecule has 0 aliphatic rings. The maximum Gasteiger partial charge on any atom is 0.237 e. The average Bonchev–Trinajstić information content (AvgIpc) is 1.73. The highest BCUT2D eigenvalue weighted by Gasteiger charge is 2.26. The summed E-state index contributed by atoms with van der Waals surface area (Å²) in [5.74, 6) is 0. The van der Waals surface area contributed by atoms with E-state index in [4.69, 9.17) is 4.11 Å². The molecule has 0 N–H and O–H groups in total. The molecule has 15 aromatic rings. The maximum atomic E-state index is 8.26. The molecular formula is C75H69N6+3. The van der Waals surface area contributed by atoms with Crippen LogP contribution in [0.25, 0.3) is 132 Å². The van der Waals surface area contributed by atoms with Crippen molar-refractivity contribution in [1.82, 2.24) is 13.7 Å². The van der Waals surface area contributed by atoms with Gasteiger partial charge in [0.05, 0.1) is 16.7 Å². The van der Waals surface area contributed by atoms with Crippen LogP contribution < -0.4 is 13.7 Å². The zero-order chi connectivity index (χ0) is 58.6. The lowest BCUT2D eigenvalue weighted by Gasteiger charge is -2.09. The summed E-state index contributed by atoms with van der Waals surface area (Å²) in [6, 6.07) is 65.4. The van der Waals surface area contributed by atoms with Crippen LogP contribution in [-0.4, -0.2) is 13.7 Å². The highest BCUT2D eigenvalue weighted by molar-refractivity contribution is 6.18. The Morgan fingerprint density at radius 3 is 1.16 bits per heavy atom. The third kappa shape index (κ3) is 8.43. The average molecular weight is 1060 g/mol. The Morgan fingerprint density at radius 1 is 0.333 bits per heavy atom. The van der Waals surface area contributed by atoms with E-state index in [2.05, 4.69) is 268 Å². The summed E-state index contributed by atoms with van der Waals surface area (Å²) in [5, 5.41) is 14.5. The van der Waals surface area contributed by atoms with Crippen LogP contribution >= 0.6 is 0 Å². The van der Waals surface area contributed by atoms with Crippen molar-refractivity contribution in [2.75, 3.05) is 0 Å². The molecule has 0 amide bonds. The van der Waals surface area contributed by atoms with Gasteiger partial charge in [-0.15, -0.1) is 0 Å². The SMILES string of the molecule is Cc1ccc2cc3c(cc2c1)c1cc[n+](C)c(-c2ccccc2C)c1n3C.Cc1ccccc1-c1c2c(cc[n+]1C)c1cc3ccccc3cc1n2C.[2H]C([2H])([2H])c1c[n+](C)c(-c2ccccc2C)c2c1c1cc3cc(C)ccc3cc1n2C. The first-order valence-corrected chi connectivity index (χ1v) is 28.0. The van der Waals surface area contributed by atoms with E-state index >= 15 is 0 Å². The lowest BCUT2D eigenvalue weighted by Crippen LogP contribution is -2.32. The van der Waals surface area contributed by atoms with Crippen molar-refractivity contribution in [3.05, 3.63) is 234 Å². The molecule has 81 heavy (non-hydrogen) atoms. The predicted octanol–water partition coefficient (Wildman–Crippen LogP) is 16.8. The Kier molecular flexibility index (Phi) is 11.6. The van der Waals surface area contributed by atoms with Gasteiger partial charge in [0.2, 0.25) is 17.1 Å². The van der Waals surface area contributed by atoms with Crippen LogP contribution in [-0.2, 0) is 42.3 Å². The molecule has 15 rings (SSSR count). The molecule has 9 aromatic carbocycles. The molecule has 0 unspecified atom stereocenters. The van der Waals surface area contributed by atoms with Crippen molar-refractivity contribution in [2.24, 2.45) is 42.3 Å². The topological polar surface area (TPSA) is 26.4 Å². The van der Waals surface area contributed by atoms with Gasteiger partial charge in [-0.3, -0.25) is 0 Å². The van der Waals surface area contributed by atoms with Crippen LogP contribution in [0.3, 0.4) is 0 Å². The second-order valence-electron chi connectivity index (χ2n) is 22.6. The molecule has 6 nitrogen and oxygen atoms in total. The molecule has 0 atom stereocenters. The van der Waals surface area contributed by atoms with Gasteiger partial charge in [-0.1, -0.05) is 126 Å². The smallest absolute Gasteiger partial charge is 0.237 e. The van der Waals surface area contributed by atoms with Gasteiger partial charge in [0.15, 0.2) is 18.6 Å². The number of rotatable bonds is 3. The minimum absolute atomic E-state index is 0.389. The fourth-order valence-electron chi connectivity index (χ4n) is 13.1. The van der Waals surface area contributed by atoms with E-state index in [0.29, 0.717) is 5.56 Å². The Hall–Kier alpha value is -9.39. The molecule has 0 saturated heterocycles. The Morgan fingerprint density at radius 2 is 0.704 bits per heavy atom. The van der Waals surface area contributed by atoms with Gasteiger partial charge in [0.1, 0.15) is 37.7 Å². The highest BCUT2D eigenvalue weighted by Crippen LogP contribution is 2.40. The van der Waals surface area contributed by atoms with Crippen molar-refractivity contribution in [2.45, 2.75) is 41.5 Å². The standard InChI is InChI=1S/C26H25N2.C25H23N2.C24H21N2/c1-16-10-11-19-14-23-22(13-20(19)12-16)24-18(3)15-27(4)25(26(24)28(23)5)21-9-7-6-8-17(21)2;1-16-9-10-18-15-23-22(14-19(18)13-16)21-11-12-26(3)24(25(21)27(23)4)20-8-6-5-7-17(20)2;1-16-8-4-7-11-19(16)23-24-20(12-13-25(23)2)21-14-17-9-5-6-10-18(17)15-22(21)26(24)3/h6-15H,1-5H3;5-15H,1-4H3;4-15H,1-3H3/q3*+1/i3D3;;. The second kappa shape index (κ2) is 19.8. The van der Waals surface area contributed by atoms with E-state index in [1.807, 2.05) is 30.8 Å². The number of fused-ring (bicyclic) bond motifs is 12. The highest BCUT2D eigenvalue weighted by atomic mass is 15.0. The number of hydrogen-bond acceptors (Lipinski definition) is 0. The van der Waals surface area contributed by atoms with E-state index < -0.39 is 6.85 Å². The van der Waals surface area contributed by atoms with E-state index in [0.717, 1.165) is 49.4 Å². The van der Waals surface area contributed by atoms with Crippen molar-refractivity contribution >= 4 is 97.7 Å². The minimum Gasteiger partial charge on any atom is -0.338 e. The quantitative estimate of drug-likeness (QED) is 0.158. The van der Waals surface area contributed by atoms with Crippen LogP contribution in [0.4, 0.5) is 0 Å². The Balaban J connectivity index is 0.000000118. The Bertz CT molecular complexity index is 5210. The van der Waals surface area contributed by atoms with E-state index in [1.54, 1.807) is 6.20 Å². The van der Waals surface area contributed by atoms with Gasteiger partial charge in [0.25, 0.3) is 0 Å². The van der Waals surface area contributed by atoms with Gasteiger partial charge >= 0.3 is 0 Å². The van der Waals surface area contributed by atoms with E-state index in [9.17, 15) is 0 Å². The first-order chi connectivity index (χ1) is 40.4. The van der Waals surface area contributed by atoms with Gasteiger partial charge in [-0.05, 0) is 145 Å². The number of nitrogens with zero attached hydrogens (tertiary/aromatic N) is 6. The summed E-state index contributed by atoms with van der Waals surface area (Å²) in [6.45, 7) is 8.49. The normalized spacial score (nSPS) is 12.4. The molecular weight excluding hydrogens is 985 g/mol. The third-order valence-corrected chi connectivity index (χ3v) is 17.2. The van der Waals surface area contributed by atoms with E-state index in [1.165, 1.54) is 110 Å². The zero-order valence-electron chi connectivity index (χ0n) is 51.2. The molecule has 0 fully saturated rings. The number of hydrogen-bond donors (Lipinski definition) is 0. The first kappa shape index (κ1) is 47.6. The molecule has 0 aliphatic carbocycles. The number of aryl methyl sites for hydroxylation is 12. The molecule has 0 saturated carbocycles. The van der Waals surface area contributed by atoms with Gasteiger partial charge < -0.3 is 13.7 Å². The van der Waals surface area contributed by atoms with Crippen LogP contribution in [0.1, 0.15) is 37.5 Å². The van der Waals surface area contributed by atoms with Crippen molar-refractivity contribution in [3.63, 3.8) is 0 Å². The zero-order valence-corrected chi connectivity index (χ0v) is 48.2. The summed E-state index contributed by atoms with van der Waals surface area (Å²) in [6.07, 6.45) is 6.15. The molecule has 6 heterocycles. The number of aromatic nitrogens is 6.